The Morgan fingerprint density at radius 1 is 1.13 bits per heavy atom. The fourth-order valence-corrected chi connectivity index (χ4v) is 4.96. The van der Waals surface area contributed by atoms with Gasteiger partial charge in [0.1, 0.15) is 5.69 Å². The molecular formula is C26H29N5. The van der Waals surface area contributed by atoms with Crippen LogP contribution in [-0.4, -0.2) is 38.7 Å². The first-order valence-electron chi connectivity index (χ1n) is 11.2. The van der Waals surface area contributed by atoms with Crippen LogP contribution in [0.15, 0.2) is 48.7 Å². The molecule has 0 amide bonds. The molecule has 1 aliphatic heterocycles. The van der Waals surface area contributed by atoms with Crippen LogP contribution in [-0.2, 0) is 13.0 Å². The third kappa shape index (κ3) is 3.43. The molecule has 1 aromatic carbocycles. The Bertz CT molecular complexity index is 1250. The molecule has 5 rings (SSSR count). The summed E-state index contributed by atoms with van der Waals surface area (Å²) in [5.41, 5.74) is 9.02. The van der Waals surface area contributed by atoms with Gasteiger partial charge in [0.25, 0.3) is 0 Å². The molecule has 0 radical (unpaired) electrons. The van der Waals surface area contributed by atoms with Gasteiger partial charge >= 0.3 is 0 Å². The topological polar surface area (TPSA) is 46.8 Å². The number of aryl methyl sites for hydroxylation is 2. The molecule has 1 aliphatic rings. The zero-order valence-electron chi connectivity index (χ0n) is 18.8. The Morgan fingerprint density at radius 3 is 2.77 bits per heavy atom. The van der Waals surface area contributed by atoms with Crippen LogP contribution >= 0.6 is 0 Å². The van der Waals surface area contributed by atoms with Gasteiger partial charge < -0.3 is 4.90 Å². The highest BCUT2D eigenvalue weighted by molar-refractivity contribution is 5.99. The summed E-state index contributed by atoms with van der Waals surface area (Å²) in [6.45, 7) is 5.24. The van der Waals surface area contributed by atoms with E-state index in [-0.39, 0.29) is 0 Å². The van der Waals surface area contributed by atoms with E-state index in [9.17, 15) is 0 Å². The van der Waals surface area contributed by atoms with Crippen LogP contribution in [0.5, 0.6) is 0 Å². The monoisotopic (exact) mass is 411 g/mol. The van der Waals surface area contributed by atoms with Gasteiger partial charge in [-0.2, -0.15) is 5.10 Å². The van der Waals surface area contributed by atoms with Gasteiger partial charge in [-0.3, -0.25) is 14.6 Å². The van der Waals surface area contributed by atoms with E-state index in [1.807, 2.05) is 19.2 Å². The largest absolute Gasteiger partial charge is 0.302 e. The maximum Gasteiger partial charge on any atom is 0.119 e. The lowest BCUT2D eigenvalue weighted by Gasteiger charge is -2.23. The average molecular weight is 412 g/mol. The summed E-state index contributed by atoms with van der Waals surface area (Å²) in [5.74, 6) is 0. The van der Waals surface area contributed by atoms with E-state index < -0.39 is 0 Å². The van der Waals surface area contributed by atoms with Gasteiger partial charge in [-0.25, -0.2) is 0 Å². The lowest BCUT2D eigenvalue weighted by molar-refractivity contribution is 0.292. The molecule has 31 heavy (non-hydrogen) atoms. The second kappa shape index (κ2) is 7.89. The average Bonchev–Trinajstić information content (AvgIpc) is 3.35. The van der Waals surface area contributed by atoms with Crippen LogP contribution in [0.2, 0.25) is 0 Å². The second-order valence-corrected chi connectivity index (χ2v) is 8.68. The van der Waals surface area contributed by atoms with Crippen molar-refractivity contribution in [2.24, 2.45) is 0 Å². The molecule has 0 saturated heterocycles. The maximum absolute atomic E-state index is 4.99. The molecule has 0 saturated carbocycles. The van der Waals surface area contributed by atoms with Gasteiger partial charge in [-0.15, -0.1) is 0 Å². The number of aromatic nitrogens is 4. The summed E-state index contributed by atoms with van der Waals surface area (Å²) >= 11 is 0. The Labute approximate surface area is 183 Å². The van der Waals surface area contributed by atoms with E-state index in [0.29, 0.717) is 6.04 Å². The molecule has 3 aromatic heterocycles. The summed E-state index contributed by atoms with van der Waals surface area (Å²) in [5, 5.41) is 6.17. The summed E-state index contributed by atoms with van der Waals surface area (Å²) < 4.78 is 2.18. The highest BCUT2D eigenvalue weighted by Gasteiger charge is 2.26. The SMILES string of the molecule is CCC(c1ccc2c(-c3c(-c4cccc(C)n4)nn4c3CCC4)ccnc2c1)N(C)C. The molecule has 5 nitrogen and oxygen atoms in total. The molecular weight excluding hydrogens is 382 g/mol. The molecule has 0 aliphatic carbocycles. The van der Waals surface area contributed by atoms with Crippen molar-refractivity contribution in [2.45, 2.75) is 45.7 Å². The molecule has 4 heterocycles. The van der Waals surface area contributed by atoms with E-state index in [1.54, 1.807) is 0 Å². The minimum Gasteiger partial charge on any atom is -0.302 e. The predicted molar refractivity (Wildman–Crippen MR) is 126 cm³/mol. The Kier molecular flexibility index (Phi) is 5.06. The fraction of sp³-hybridized carbons (Fsp3) is 0.346. The van der Waals surface area contributed by atoms with Crippen molar-refractivity contribution >= 4 is 10.9 Å². The summed E-state index contributed by atoms with van der Waals surface area (Å²) in [7, 11) is 4.28. The van der Waals surface area contributed by atoms with Gasteiger partial charge in [-0.05, 0) is 75.7 Å². The van der Waals surface area contributed by atoms with Crippen LogP contribution < -0.4 is 0 Å². The van der Waals surface area contributed by atoms with Crippen LogP contribution in [0.25, 0.3) is 33.4 Å². The molecule has 0 fully saturated rings. The van der Waals surface area contributed by atoms with Crippen molar-refractivity contribution < 1.29 is 0 Å². The van der Waals surface area contributed by atoms with Crippen molar-refractivity contribution in [3.8, 4) is 22.5 Å². The van der Waals surface area contributed by atoms with Crippen LogP contribution in [0.3, 0.4) is 0 Å². The zero-order valence-corrected chi connectivity index (χ0v) is 18.8. The maximum atomic E-state index is 4.99. The molecule has 158 valence electrons. The standard InChI is InChI=1S/C26H29N5/c1-5-23(30(3)4)18-11-12-19-20(13-14-27-22(19)16-18)25-24-10-7-15-31(24)29-26(25)21-9-6-8-17(2)28-21/h6,8-9,11-14,16,23H,5,7,10,15H2,1-4H3. The van der Waals surface area contributed by atoms with E-state index in [0.717, 1.165) is 48.4 Å². The molecule has 0 bridgehead atoms. The van der Waals surface area contributed by atoms with Crippen molar-refractivity contribution in [1.29, 1.82) is 0 Å². The number of fused-ring (bicyclic) bond motifs is 2. The molecule has 4 aromatic rings. The number of pyridine rings is 2. The first kappa shape index (κ1) is 19.9. The lowest BCUT2D eigenvalue weighted by Crippen LogP contribution is -2.19. The first-order chi connectivity index (χ1) is 15.1. The highest BCUT2D eigenvalue weighted by Crippen LogP contribution is 2.40. The van der Waals surface area contributed by atoms with Gasteiger partial charge in [0.2, 0.25) is 0 Å². The third-order valence-electron chi connectivity index (χ3n) is 6.40. The van der Waals surface area contributed by atoms with Gasteiger partial charge in [0, 0.05) is 41.1 Å². The second-order valence-electron chi connectivity index (χ2n) is 8.68. The Hall–Kier alpha value is -3.05. The van der Waals surface area contributed by atoms with E-state index in [2.05, 4.69) is 67.0 Å². The van der Waals surface area contributed by atoms with E-state index >= 15 is 0 Å². The number of nitrogens with zero attached hydrogens (tertiary/aromatic N) is 5. The fourth-order valence-electron chi connectivity index (χ4n) is 4.96. The van der Waals surface area contributed by atoms with Gasteiger partial charge in [0.05, 0.1) is 11.2 Å². The van der Waals surface area contributed by atoms with Crippen LogP contribution in [0.1, 0.15) is 42.8 Å². The van der Waals surface area contributed by atoms with Gasteiger partial charge in [-0.1, -0.05) is 25.1 Å². The van der Waals surface area contributed by atoms with Crippen molar-refractivity contribution in [3.05, 3.63) is 65.6 Å². The quantitative estimate of drug-likeness (QED) is 0.439. The number of hydrogen-bond donors (Lipinski definition) is 0. The molecule has 1 atom stereocenters. The Morgan fingerprint density at radius 2 is 2.00 bits per heavy atom. The molecule has 5 heteroatoms. The molecule has 0 spiro atoms. The highest BCUT2D eigenvalue weighted by atomic mass is 15.3. The minimum atomic E-state index is 0.391. The van der Waals surface area contributed by atoms with Gasteiger partial charge in [0.15, 0.2) is 0 Å². The summed E-state index contributed by atoms with van der Waals surface area (Å²) in [6, 6.07) is 15.4. The number of benzene rings is 1. The summed E-state index contributed by atoms with van der Waals surface area (Å²) in [4.78, 5) is 11.8. The molecule has 1 unspecified atom stereocenters. The Balaban J connectivity index is 1.71. The summed E-state index contributed by atoms with van der Waals surface area (Å²) in [6.07, 6.45) is 5.20. The van der Waals surface area contributed by atoms with Crippen LogP contribution in [0, 0.1) is 6.92 Å². The number of rotatable bonds is 5. The smallest absolute Gasteiger partial charge is 0.119 e. The van der Waals surface area contributed by atoms with Crippen molar-refractivity contribution in [1.82, 2.24) is 24.6 Å². The molecule has 0 N–H and O–H groups in total. The van der Waals surface area contributed by atoms with E-state index in [1.165, 1.54) is 27.8 Å². The normalized spacial score (nSPS) is 14.4. The predicted octanol–water partition coefficient (Wildman–Crippen LogP) is 5.43. The van der Waals surface area contributed by atoms with Crippen molar-refractivity contribution in [3.63, 3.8) is 0 Å². The van der Waals surface area contributed by atoms with E-state index in [4.69, 9.17) is 15.1 Å². The lowest BCUT2D eigenvalue weighted by atomic mass is 9.94. The number of hydrogen-bond acceptors (Lipinski definition) is 4. The first-order valence-corrected chi connectivity index (χ1v) is 11.2. The minimum absolute atomic E-state index is 0.391. The third-order valence-corrected chi connectivity index (χ3v) is 6.40. The zero-order chi connectivity index (χ0) is 21.5. The van der Waals surface area contributed by atoms with Crippen molar-refractivity contribution in [2.75, 3.05) is 14.1 Å². The van der Waals surface area contributed by atoms with Crippen LogP contribution in [0.4, 0.5) is 0 Å².